The van der Waals surface area contributed by atoms with E-state index < -0.39 is 5.25 Å². The van der Waals surface area contributed by atoms with E-state index in [4.69, 9.17) is 9.47 Å². The number of carbonyl (C=O) groups is 1. The van der Waals surface area contributed by atoms with Gasteiger partial charge in [-0.3, -0.25) is 4.79 Å². The number of imidazole rings is 1. The number of amides is 1. The predicted octanol–water partition coefficient (Wildman–Crippen LogP) is 5.44. The molecule has 0 fully saturated rings. The van der Waals surface area contributed by atoms with E-state index in [1.54, 1.807) is 7.11 Å². The first kappa shape index (κ1) is 20.8. The number of para-hydroxylation sites is 2. The van der Waals surface area contributed by atoms with E-state index in [0.717, 1.165) is 22.3 Å². The minimum Gasteiger partial charge on any atom is -0.497 e. The molecule has 0 spiro atoms. The number of anilines is 1. The molecule has 0 aliphatic rings. The Hall–Kier alpha value is -3.45. The molecule has 0 aliphatic heterocycles. The second-order valence-electron chi connectivity index (χ2n) is 6.75. The third-order valence-electron chi connectivity index (χ3n) is 4.68. The topological polar surface area (TPSA) is 76.2 Å². The number of rotatable bonds is 8. The van der Waals surface area contributed by atoms with Gasteiger partial charge in [0.25, 0.3) is 0 Å². The van der Waals surface area contributed by atoms with Crippen molar-refractivity contribution in [2.45, 2.75) is 17.3 Å². The van der Waals surface area contributed by atoms with E-state index in [1.165, 1.54) is 11.8 Å². The average molecular weight is 434 g/mol. The number of aromatic amines is 1. The monoisotopic (exact) mass is 433 g/mol. The summed E-state index contributed by atoms with van der Waals surface area (Å²) in [6.45, 7) is 2.43. The third kappa shape index (κ3) is 4.83. The van der Waals surface area contributed by atoms with E-state index in [0.29, 0.717) is 23.2 Å². The SMILES string of the molecule is CCOc1ccccc1NC(=O)C(Sc1nc2ccc(OC)cc2[nH]1)c1ccccc1. The zero-order chi connectivity index (χ0) is 21.6. The fraction of sp³-hybridized carbons (Fsp3) is 0.167. The molecule has 4 rings (SSSR count). The molecule has 1 amide bonds. The largest absolute Gasteiger partial charge is 0.497 e. The van der Waals surface area contributed by atoms with E-state index in [-0.39, 0.29) is 5.91 Å². The van der Waals surface area contributed by atoms with Crippen molar-refractivity contribution in [3.63, 3.8) is 0 Å². The van der Waals surface area contributed by atoms with Crippen LogP contribution in [0.4, 0.5) is 5.69 Å². The summed E-state index contributed by atoms with van der Waals surface area (Å²) < 4.78 is 10.9. The number of nitrogens with zero attached hydrogens (tertiary/aromatic N) is 1. The number of methoxy groups -OCH3 is 1. The molecule has 1 unspecified atom stereocenters. The quantitative estimate of drug-likeness (QED) is 0.362. The number of nitrogens with one attached hydrogen (secondary N) is 2. The van der Waals surface area contributed by atoms with Gasteiger partial charge in [-0.05, 0) is 36.8 Å². The van der Waals surface area contributed by atoms with Gasteiger partial charge >= 0.3 is 0 Å². The fourth-order valence-corrected chi connectivity index (χ4v) is 4.21. The Morgan fingerprint density at radius 2 is 1.87 bits per heavy atom. The summed E-state index contributed by atoms with van der Waals surface area (Å²) in [4.78, 5) is 21.3. The Labute approximate surface area is 185 Å². The zero-order valence-corrected chi connectivity index (χ0v) is 18.1. The number of thioether (sulfide) groups is 1. The molecule has 31 heavy (non-hydrogen) atoms. The third-order valence-corrected chi connectivity index (χ3v) is 5.82. The van der Waals surface area contributed by atoms with Crippen LogP contribution in [0.5, 0.6) is 11.5 Å². The van der Waals surface area contributed by atoms with Crippen LogP contribution >= 0.6 is 11.8 Å². The van der Waals surface area contributed by atoms with E-state index in [1.807, 2.05) is 79.7 Å². The smallest absolute Gasteiger partial charge is 0.242 e. The second-order valence-corrected chi connectivity index (χ2v) is 7.85. The highest BCUT2D eigenvalue weighted by Gasteiger charge is 2.24. The molecule has 3 aromatic carbocycles. The molecule has 6 nitrogen and oxygen atoms in total. The standard InChI is InChI=1S/C24H23N3O3S/c1-3-30-21-12-8-7-11-19(21)25-23(28)22(16-9-5-4-6-10-16)31-24-26-18-14-13-17(29-2)15-20(18)27-24/h4-15,22H,3H2,1-2H3,(H,25,28)(H,26,27). The van der Waals surface area contributed by atoms with Gasteiger partial charge in [-0.2, -0.15) is 0 Å². The fourth-order valence-electron chi connectivity index (χ4n) is 3.21. The first-order valence-electron chi connectivity index (χ1n) is 9.96. The summed E-state index contributed by atoms with van der Waals surface area (Å²) in [5.74, 6) is 1.24. The number of aromatic nitrogens is 2. The van der Waals surface area contributed by atoms with Gasteiger partial charge < -0.3 is 19.8 Å². The molecule has 0 saturated carbocycles. The summed E-state index contributed by atoms with van der Waals surface area (Å²) in [7, 11) is 1.63. The molecule has 7 heteroatoms. The number of hydrogen-bond donors (Lipinski definition) is 2. The Kier molecular flexibility index (Phi) is 6.43. The van der Waals surface area contributed by atoms with Crippen LogP contribution in [0, 0.1) is 0 Å². The predicted molar refractivity (Wildman–Crippen MR) is 124 cm³/mol. The summed E-state index contributed by atoms with van der Waals surface area (Å²) in [6, 6.07) is 22.7. The number of fused-ring (bicyclic) bond motifs is 1. The lowest BCUT2D eigenvalue weighted by Gasteiger charge is -2.17. The minimum absolute atomic E-state index is 0.151. The zero-order valence-electron chi connectivity index (χ0n) is 17.3. The van der Waals surface area contributed by atoms with Crippen molar-refractivity contribution >= 4 is 34.4 Å². The highest BCUT2D eigenvalue weighted by Crippen LogP contribution is 2.37. The minimum atomic E-state index is -0.502. The Morgan fingerprint density at radius 3 is 2.65 bits per heavy atom. The van der Waals surface area contributed by atoms with Crippen LogP contribution in [0.3, 0.4) is 0 Å². The highest BCUT2D eigenvalue weighted by molar-refractivity contribution is 8.00. The number of benzene rings is 3. The van der Waals surface area contributed by atoms with E-state index >= 15 is 0 Å². The summed E-state index contributed by atoms with van der Waals surface area (Å²) in [5.41, 5.74) is 3.20. The van der Waals surface area contributed by atoms with Crippen LogP contribution in [0.15, 0.2) is 78.0 Å². The van der Waals surface area contributed by atoms with Gasteiger partial charge in [-0.15, -0.1) is 0 Å². The lowest BCUT2D eigenvalue weighted by atomic mass is 10.1. The first-order chi connectivity index (χ1) is 15.2. The molecule has 0 radical (unpaired) electrons. The molecule has 1 aromatic heterocycles. The Bertz CT molecular complexity index is 1180. The van der Waals surface area contributed by atoms with Crippen molar-refractivity contribution in [1.29, 1.82) is 0 Å². The Balaban J connectivity index is 1.63. The van der Waals surface area contributed by atoms with Gasteiger partial charge in [-0.25, -0.2) is 4.98 Å². The average Bonchev–Trinajstić information content (AvgIpc) is 3.21. The molecule has 1 heterocycles. The van der Waals surface area contributed by atoms with Gasteiger partial charge in [0.1, 0.15) is 16.7 Å². The number of hydrogen-bond acceptors (Lipinski definition) is 5. The van der Waals surface area contributed by atoms with Gasteiger partial charge in [0.2, 0.25) is 5.91 Å². The number of ether oxygens (including phenoxy) is 2. The van der Waals surface area contributed by atoms with Gasteiger partial charge in [0.15, 0.2) is 5.16 Å². The summed E-state index contributed by atoms with van der Waals surface area (Å²) in [5, 5.41) is 3.18. The molecule has 2 N–H and O–H groups in total. The molecule has 0 aliphatic carbocycles. The summed E-state index contributed by atoms with van der Waals surface area (Å²) in [6.07, 6.45) is 0. The maximum Gasteiger partial charge on any atom is 0.242 e. The van der Waals surface area contributed by atoms with Crippen molar-refractivity contribution in [2.24, 2.45) is 0 Å². The van der Waals surface area contributed by atoms with Gasteiger partial charge in [0, 0.05) is 6.07 Å². The van der Waals surface area contributed by atoms with Crippen molar-refractivity contribution in [1.82, 2.24) is 9.97 Å². The van der Waals surface area contributed by atoms with Crippen LogP contribution in [0.1, 0.15) is 17.7 Å². The summed E-state index contributed by atoms with van der Waals surface area (Å²) >= 11 is 1.37. The van der Waals surface area contributed by atoms with Crippen LogP contribution in [0.2, 0.25) is 0 Å². The van der Waals surface area contributed by atoms with Gasteiger partial charge in [-0.1, -0.05) is 54.2 Å². The van der Waals surface area contributed by atoms with Crippen molar-refractivity contribution < 1.29 is 14.3 Å². The Morgan fingerprint density at radius 1 is 1.10 bits per heavy atom. The van der Waals surface area contributed by atoms with E-state index in [9.17, 15) is 4.79 Å². The van der Waals surface area contributed by atoms with E-state index in [2.05, 4.69) is 15.3 Å². The normalized spacial score (nSPS) is 11.8. The lowest BCUT2D eigenvalue weighted by Crippen LogP contribution is -2.19. The molecular weight excluding hydrogens is 410 g/mol. The second kappa shape index (κ2) is 9.57. The number of H-pyrrole nitrogens is 1. The maximum absolute atomic E-state index is 13.3. The van der Waals surface area contributed by atoms with Crippen molar-refractivity contribution in [2.75, 3.05) is 19.0 Å². The van der Waals surface area contributed by atoms with Crippen molar-refractivity contribution in [3.8, 4) is 11.5 Å². The van der Waals surface area contributed by atoms with Crippen molar-refractivity contribution in [3.05, 3.63) is 78.4 Å². The maximum atomic E-state index is 13.3. The number of carbonyl (C=O) groups excluding carboxylic acids is 1. The highest BCUT2D eigenvalue weighted by atomic mass is 32.2. The molecule has 0 bridgehead atoms. The molecule has 1 atom stereocenters. The molecule has 0 saturated heterocycles. The molecule has 158 valence electrons. The van der Waals surface area contributed by atoms with Crippen LogP contribution < -0.4 is 14.8 Å². The van der Waals surface area contributed by atoms with Gasteiger partial charge in [0.05, 0.1) is 30.4 Å². The lowest BCUT2D eigenvalue weighted by molar-refractivity contribution is -0.115. The van der Waals surface area contributed by atoms with Crippen LogP contribution in [-0.4, -0.2) is 29.6 Å². The first-order valence-corrected chi connectivity index (χ1v) is 10.8. The van der Waals surface area contributed by atoms with Crippen LogP contribution in [-0.2, 0) is 4.79 Å². The van der Waals surface area contributed by atoms with Crippen LogP contribution in [0.25, 0.3) is 11.0 Å². The molecule has 4 aromatic rings. The molecular formula is C24H23N3O3S.